The lowest BCUT2D eigenvalue weighted by Gasteiger charge is -2.10. The molecule has 0 fully saturated rings. The van der Waals surface area contributed by atoms with Crippen molar-refractivity contribution in [3.8, 4) is 11.5 Å². The summed E-state index contributed by atoms with van der Waals surface area (Å²) in [5.41, 5.74) is 0.786. The molecule has 0 amide bonds. The quantitative estimate of drug-likeness (QED) is 0.836. The molecule has 0 radical (unpaired) electrons. The van der Waals surface area contributed by atoms with E-state index in [1.165, 1.54) is 0 Å². The molecule has 1 heterocycles. The summed E-state index contributed by atoms with van der Waals surface area (Å²) >= 11 is 0. The normalized spacial score (nSPS) is 10.6. The van der Waals surface area contributed by atoms with Crippen molar-refractivity contribution in [3.63, 3.8) is 0 Å². The Labute approximate surface area is 112 Å². The number of aromatic hydroxyl groups is 1. The van der Waals surface area contributed by atoms with Crippen LogP contribution < -0.4 is 10.1 Å². The zero-order chi connectivity index (χ0) is 13.7. The lowest BCUT2D eigenvalue weighted by molar-refractivity contribution is 0.316. The summed E-state index contributed by atoms with van der Waals surface area (Å²) in [6.45, 7) is 5.31. The molecule has 19 heavy (non-hydrogen) atoms. The highest BCUT2D eigenvalue weighted by Crippen LogP contribution is 2.29. The van der Waals surface area contributed by atoms with Gasteiger partial charge in [-0.15, -0.1) is 0 Å². The smallest absolute Gasteiger partial charge is 0.208 e. The Morgan fingerprint density at radius 2 is 2.21 bits per heavy atom. The monoisotopic (exact) mass is 262 g/mol. The highest BCUT2D eigenvalue weighted by molar-refractivity contribution is 5.45. The van der Waals surface area contributed by atoms with Crippen LogP contribution in [0, 0.1) is 6.92 Å². The van der Waals surface area contributed by atoms with E-state index in [4.69, 9.17) is 9.15 Å². The van der Waals surface area contributed by atoms with Gasteiger partial charge in [-0.1, -0.05) is 12.1 Å². The van der Waals surface area contributed by atoms with E-state index in [1.54, 1.807) is 12.3 Å². The number of para-hydroxylation sites is 1. The van der Waals surface area contributed by atoms with E-state index < -0.39 is 0 Å². The highest BCUT2D eigenvalue weighted by Gasteiger charge is 2.08. The van der Waals surface area contributed by atoms with Crippen LogP contribution in [-0.2, 0) is 13.1 Å². The van der Waals surface area contributed by atoms with Crippen LogP contribution >= 0.6 is 0 Å². The SMILES string of the molecule is CCOc1cccc(CNCc2ncc(C)o2)c1O. The number of benzene rings is 1. The fraction of sp³-hybridized carbons (Fsp3) is 0.357. The maximum atomic E-state index is 10.0. The second-order valence-corrected chi connectivity index (χ2v) is 4.17. The van der Waals surface area contributed by atoms with Crippen molar-refractivity contribution in [1.29, 1.82) is 0 Å². The van der Waals surface area contributed by atoms with Gasteiger partial charge in [0, 0.05) is 12.1 Å². The number of rotatable bonds is 6. The van der Waals surface area contributed by atoms with Crippen LogP contribution in [0.3, 0.4) is 0 Å². The van der Waals surface area contributed by atoms with Crippen LogP contribution in [0.1, 0.15) is 24.1 Å². The summed E-state index contributed by atoms with van der Waals surface area (Å²) in [4.78, 5) is 4.10. The predicted octanol–water partition coefficient (Wildman–Crippen LogP) is 2.38. The van der Waals surface area contributed by atoms with E-state index >= 15 is 0 Å². The Kier molecular flexibility index (Phi) is 4.41. The van der Waals surface area contributed by atoms with E-state index in [-0.39, 0.29) is 5.75 Å². The van der Waals surface area contributed by atoms with Crippen molar-refractivity contribution in [2.45, 2.75) is 26.9 Å². The number of aromatic nitrogens is 1. The van der Waals surface area contributed by atoms with Crippen molar-refractivity contribution in [2.75, 3.05) is 6.61 Å². The Bertz CT molecular complexity index is 537. The third-order valence-electron chi connectivity index (χ3n) is 2.64. The van der Waals surface area contributed by atoms with Crippen molar-refractivity contribution >= 4 is 0 Å². The lowest BCUT2D eigenvalue weighted by atomic mass is 10.2. The Balaban J connectivity index is 1.94. The molecule has 0 atom stereocenters. The average molecular weight is 262 g/mol. The van der Waals surface area contributed by atoms with Crippen LogP contribution in [0.15, 0.2) is 28.8 Å². The van der Waals surface area contributed by atoms with E-state index in [1.807, 2.05) is 26.0 Å². The van der Waals surface area contributed by atoms with Gasteiger partial charge in [0.2, 0.25) is 5.89 Å². The minimum Gasteiger partial charge on any atom is -0.504 e. The lowest BCUT2D eigenvalue weighted by Crippen LogP contribution is -2.13. The molecular formula is C14H18N2O3. The number of nitrogens with one attached hydrogen (secondary N) is 1. The van der Waals surface area contributed by atoms with E-state index in [2.05, 4.69) is 10.3 Å². The van der Waals surface area contributed by atoms with Crippen LogP contribution in [0.5, 0.6) is 11.5 Å². The topological polar surface area (TPSA) is 67.5 Å². The third-order valence-corrected chi connectivity index (χ3v) is 2.64. The number of phenols is 1. The molecular weight excluding hydrogens is 244 g/mol. The van der Waals surface area contributed by atoms with Crippen LogP contribution in [-0.4, -0.2) is 16.7 Å². The second-order valence-electron chi connectivity index (χ2n) is 4.17. The fourth-order valence-corrected chi connectivity index (χ4v) is 1.77. The minimum absolute atomic E-state index is 0.181. The maximum Gasteiger partial charge on any atom is 0.208 e. The number of aryl methyl sites for hydroxylation is 1. The van der Waals surface area contributed by atoms with Gasteiger partial charge in [0.1, 0.15) is 5.76 Å². The van der Waals surface area contributed by atoms with Gasteiger partial charge in [-0.05, 0) is 19.9 Å². The molecule has 1 aromatic heterocycles. The second kappa shape index (κ2) is 6.24. The number of hydrogen-bond donors (Lipinski definition) is 2. The molecule has 0 unspecified atom stereocenters. The van der Waals surface area contributed by atoms with Crippen LogP contribution in [0.25, 0.3) is 0 Å². The van der Waals surface area contributed by atoms with Crippen LogP contribution in [0.4, 0.5) is 0 Å². The summed E-state index contributed by atoms with van der Waals surface area (Å²) in [5, 5.41) is 13.2. The van der Waals surface area contributed by atoms with Crippen molar-refractivity contribution in [3.05, 3.63) is 41.6 Å². The molecule has 0 saturated carbocycles. The highest BCUT2D eigenvalue weighted by atomic mass is 16.5. The van der Waals surface area contributed by atoms with Gasteiger partial charge >= 0.3 is 0 Å². The maximum absolute atomic E-state index is 10.0. The first-order valence-corrected chi connectivity index (χ1v) is 6.26. The van der Waals surface area contributed by atoms with Gasteiger partial charge in [0.25, 0.3) is 0 Å². The van der Waals surface area contributed by atoms with E-state index in [0.29, 0.717) is 31.3 Å². The summed E-state index contributed by atoms with van der Waals surface area (Å²) in [7, 11) is 0. The van der Waals surface area contributed by atoms with Gasteiger partial charge in [0.05, 0.1) is 19.3 Å². The van der Waals surface area contributed by atoms with Gasteiger partial charge in [-0.3, -0.25) is 0 Å². The molecule has 0 spiro atoms. The summed E-state index contributed by atoms with van der Waals surface area (Å²) in [6.07, 6.45) is 1.68. The molecule has 102 valence electrons. The van der Waals surface area contributed by atoms with Gasteiger partial charge in [-0.2, -0.15) is 0 Å². The summed E-state index contributed by atoms with van der Waals surface area (Å²) in [5.74, 6) is 2.12. The molecule has 0 aliphatic heterocycles. The Morgan fingerprint density at radius 1 is 1.37 bits per heavy atom. The number of hydrogen-bond acceptors (Lipinski definition) is 5. The zero-order valence-electron chi connectivity index (χ0n) is 11.1. The number of ether oxygens (including phenoxy) is 1. The van der Waals surface area contributed by atoms with Gasteiger partial charge < -0.3 is 19.6 Å². The van der Waals surface area contributed by atoms with Gasteiger partial charge in [0.15, 0.2) is 11.5 Å². The first kappa shape index (κ1) is 13.4. The molecule has 0 aliphatic rings. The van der Waals surface area contributed by atoms with E-state index in [9.17, 15) is 5.11 Å². The molecule has 0 bridgehead atoms. The van der Waals surface area contributed by atoms with Crippen molar-refractivity contribution in [2.24, 2.45) is 0 Å². The molecule has 5 nitrogen and oxygen atoms in total. The first-order valence-electron chi connectivity index (χ1n) is 6.26. The third kappa shape index (κ3) is 3.48. The first-order chi connectivity index (χ1) is 9.20. The number of oxazole rings is 1. The summed E-state index contributed by atoms with van der Waals surface area (Å²) < 4.78 is 10.7. The average Bonchev–Trinajstić information content (AvgIpc) is 2.80. The zero-order valence-corrected chi connectivity index (χ0v) is 11.1. The number of nitrogens with zero attached hydrogens (tertiary/aromatic N) is 1. The van der Waals surface area contributed by atoms with E-state index in [0.717, 1.165) is 11.3 Å². The van der Waals surface area contributed by atoms with Crippen molar-refractivity contribution in [1.82, 2.24) is 10.3 Å². The van der Waals surface area contributed by atoms with Crippen molar-refractivity contribution < 1.29 is 14.3 Å². The Hall–Kier alpha value is -2.01. The standard InChI is InChI=1S/C14H18N2O3/c1-3-18-12-6-4-5-11(14(12)17)8-15-9-13-16-7-10(2)19-13/h4-7,15,17H,3,8-9H2,1-2H3. The molecule has 2 N–H and O–H groups in total. The van der Waals surface area contributed by atoms with Crippen LogP contribution in [0.2, 0.25) is 0 Å². The molecule has 1 aromatic carbocycles. The Morgan fingerprint density at radius 3 is 2.89 bits per heavy atom. The molecule has 2 aromatic rings. The fourth-order valence-electron chi connectivity index (χ4n) is 1.77. The predicted molar refractivity (Wildman–Crippen MR) is 71.1 cm³/mol. The largest absolute Gasteiger partial charge is 0.504 e. The number of phenolic OH excluding ortho intramolecular Hbond substituents is 1. The molecule has 5 heteroatoms. The molecule has 0 saturated heterocycles. The molecule has 0 aliphatic carbocycles. The van der Waals surface area contributed by atoms with Gasteiger partial charge in [-0.25, -0.2) is 4.98 Å². The molecule has 2 rings (SSSR count). The summed E-state index contributed by atoms with van der Waals surface area (Å²) in [6, 6.07) is 5.46. The minimum atomic E-state index is 0.181.